The molecule has 0 unspecified atom stereocenters. The highest BCUT2D eigenvalue weighted by Gasteiger charge is 2.14. The van der Waals surface area contributed by atoms with Gasteiger partial charge in [-0.25, -0.2) is 9.78 Å². The van der Waals surface area contributed by atoms with Crippen molar-refractivity contribution in [3.8, 4) is 11.4 Å². The van der Waals surface area contributed by atoms with E-state index in [4.69, 9.17) is 16.3 Å². The first-order valence-electron chi connectivity index (χ1n) is 5.16. The maximum atomic E-state index is 11.4. The number of benzene rings is 1. The maximum absolute atomic E-state index is 11.4. The lowest BCUT2D eigenvalue weighted by atomic mass is 10.2. The minimum atomic E-state index is -0.524. The zero-order valence-electron chi connectivity index (χ0n) is 9.41. The number of hydrogen-bond acceptors (Lipinski definition) is 4. The van der Waals surface area contributed by atoms with Crippen molar-refractivity contribution in [2.75, 3.05) is 6.61 Å². The van der Waals surface area contributed by atoms with Crippen LogP contribution in [-0.2, 0) is 4.74 Å². The monoisotopic (exact) mass is 329 g/mol. The van der Waals surface area contributed by atoms with Crippen LogP contribution in [0.3, 0.4) is 0 Å². The minimum absolute atomic E-state index is 0.0814. The fraction of sp³-hybridized carbons (Fsp3) is 0.182. The van der Waals surface area contributed by atoms with Gasteiger partial charge in [0.25, 0.3) is 0 Å². The second-order valence-corrected chi connectivity index (χ2v) is 4.62. The fourth-order valence-corrected chi connectivity index (χ4v) is 1.81. The Morgan fingerprint density at radius 3 is 3.00 bits per heavy atom. The summed E-state index contributed by atoms with van der Waals surface area (Å²) in [4.78, 5) is 15.5. The summed E-state index contributed by atoms with van der Waals surface area (Å²) >= 11 is 9.21. The van der Waals surface area contributed by atoms with E-state index in [1.165, 1.54) is 0 Å². The van der Waals surface area contributed by atoms with Gasteiger partial charge >= 0.3 is 5.97 Å². The van der Waals surface area contributed by atoms with Gasteiger partial charge in [0, 0.05) is 10.0 Å². The lowest BCUT2D eigenvalue weighted by molar-refractivity contribution is 0.0512. The quantitative estimate of drug-likeness (QED) is 0.878. The van der Waals surface area contributed by atoms with Crippen molar-refractivity contribution >= 4 is 33.5 Å². The highest BCUT2D eigenvalue weighted by atomic mass is 79.9. The first-order valence-corrected chi connectivity index (χ1v) is 6.34. The number of esters is 1. The van der Waals surface area contributed by atoms with Crippen LogP contribution in [0.25, 0.3) is 11.4 Å². The van der Waals surface area contributed by atoms with E-state index in [1.54, 1.807) is 25.1 Å². The maximum Gasteiger partial charge on any atom is 0.375 e. The molecule has 0 atom stereocenters. The van der Waals surface area contributed by atoms with Crippen molar-refractivity contribution in [3.63, 3.8) is 0 Å². The Kier molecular flexibility index (Phi) is 3.98. The van der Waals surface area contributed by atoms with E-state index in [-0.39, 0.29) is 5.82 Å². The van der Waals surface area contributed by atoms with Crippen LogP contribution in [0.1, 0.15) is 17.5 Å². The van der Waals surface area contributed by atoms with E-state index in [0.29, 0.717) is 17.5 Å². The smallest absolute Gasteiger partial charge is 0.375 e. The highest BCUT2D eigenvalue weighted by Crippen LogP contribution is 2.27. The number of ether oxygens (including phenoxy) is 1. The number of nitrogens with one attached hydrogen (secondary N) is 1. The predicted octanol–water partition coefficient (Wildman–Crippen LogP) is 3.06. The molecule has 1 N–H and O–H groups in total. The van der Waals surface area contributed by atoms with Crippen LogP contribution in [0.15, 0.2) is 22.7 Å². The molecule has 5 nitrogen and oxygen atoms in total. The molecule has 0 amide bonds. The average Bonchev–Trinajstić information content (AvgIpc) is 2.82. The summed E-state index contributed by atoms with van der Waals surface area (Å²) < 4.78 is 5.56. The SMILES string of the molecule is CCOC(=O)c1nc(-c2ccc(Cl)c(Br)c2)n[nH]1. The molecule has 1 aromatic heterocycles. The molecule has 0 radical (unpaired) electrons. The molecule has 0 aliphatic carbocycles. The summed E-state index contributed by atoms with van der Waals surface area (Å²) in [6.07, 6.45) is 0. The second-order valence-electron chi connectivity index (χ2n) is 3.36. The first-order chi connectivity index (χ1) is 8.61. The van der Waals surface area contributed by atoms with Gasteiger partial charge in [0.15, 0.2) is 5.82 Å². The molecule has 0 bridgehead atoms. The van der Waals surface area contributed by atoms with E-state index in [2.05, 4.69) is 31.1 Å². The molecule has 0 aliphatic heterocycles. The Morgan fingerprint density at radius 1 is 1.56 bits per heavy atom. The number of nitrogens with zero attached hydrogens (tertiary/aromatic N) is 2. The van der Waals surface area contributed by atoms with Gasteiger partial charge in [0.1, 0.15) is 0 Å². The minimum Gasteiger partial charge on any atom is -0.460 e. The molecule has 7 heteroatoms. The number of aromatic nitrogens is 3. The van der Waals surface area contributed by atoms with Gasteiger partial charge in [-0.1, -0.05) is 11.6 Å². The summed E-state index contributed by atoms with van der Waals surface area (Å²) in [5.41, 5.74) is 0.748. The molecule has 2 rings (SSSR count). The summed E-state index contributed by atoms with van der Waals surface area (Å²) in [5, 5.41) is 7.10. The molecular weight excluding hydrogens is 321 g/mol. The molecule has 94 valence electrons. The molecule has 18 heavy (non-hydrogen) atoms. The van der Waals surface area contributed by atoms with Gasteiger partial charge in [-0.2, -0.15) is 5.10 Å². The van der Waals surface area contributed by atoms with E-state index < -0.39 is 5.97 Å². The Labute approximate surface area is 117 Å². The third-order valence-corrected chi connectivity index (χ3v) is 3.35. The summed E-state index contributed by atoms with van der Waals surface area (Å²) in [7, 11) is 0. The van der Waals surface area contributed by atoms with Crippen LogP contribution in [0, 0.1) is 0 Å². The number of aromatic amines is 1. The number of carbonyl (C=O) groups excluding carboxylic acids is 1. The Bertz CT molecular complexity index is 585. The van der Waals surface area contributed by atoms with Crippen molar-refractivity contribution in [3.05, 3.63) is 33.5 Å². The largest absolute Gasteiger partial charge is 0.460 e. The molecule has 0 aliphatic rings. The molecule has 0 fully saturated rings. The summed E-state index contributed by atoms with van der Waals surface area (Å²) in [5.74, 6) is -0.0300. The predicted molar refractivity (Wildman–Crippen MR) is 70.5 cm³/mol. The van der Waals surface area contributed by atoms with Crippen molar-refractivity contribution < 1.29 is 9.53 Å². The molecule has 2 aromatic rings. The molecule has 1 aromatic carbocycles. The lowest BCUT2D eigenvalue weighted by Gasteiger charge is -1.98. The van der Waals surface area contributed by atoms with Gasteiger partial charge in [-0.15, -0.1) is 0 Å². The Morgan fingerprint density at radius 2 is 2.33 bits per heavy atom. The van der Waals surface area contributed by atoms with Crippen LogP contribution < -0.4 is 0 Å². The summed E-state index contributed by atoms with van der Waals surface area (Å²) in [6.45, 7) is 2.02. The molecule has 0 saturated heterocycles. The lowest BCUT2D eigenvalue weighted by Crippen LogP contribution is -2.06. The molecular formula is C11H9BrClN3O2. The van der Waals surface area contributed by atoms with E-state index in [0.717, 1.165) is 10.0 Å². The van der Waals surface area contributed by atoms with Crippen LogP contribution in [-0.4, -0.2) is 27.8 Å². The highest BCUT2D eigenvalue weighted by molar-refractivity contribution is 9.10. The Balaban J connectivity index is 2.29. The van der Waals surface area contributed by atoms with E-state index in [1.807, 2.05) is 0 Å². The van der Waals surface area contributed by atoms with Crippen molar-refractivity contribution in [1.82, 2.24) is 15.2 Å². The van der Waals surface area contributed by atoms with Crippen molar-refractivity contribution in [1.29, 1.82) is 0 Å². The Hall–Kier alpha value is -1.40. The third kappa shape index (κ3) is 2.70. The van der Waals surface area contributed by atoms with Gasteiger partial charge < -0.3 is 4.74 Å². The van der Waals surface area contributed by atoms with Crippen LogP contribution in [0.4, 0.5) is 0 Å². The van der Waals surface area contributed by atoms with E-state index >= 15 is 0 Å². The number of hydrogen-bond donors (Lipinski definition) is 1. The van der Waals surface area contributed by atoms with E-state index in [9.17, 15) is 4.79 Å². The van der Waals surface area contributed by atoms with Gasteiger partial charge in [-0.3, -0.25) is 5.10 Å². The number of halogens is 2. The van der Waals surface area contributed by atoms with Gasteiger partial charge in [0.2, 0.25) is 5.82 Å². The average molecular weight is 331 g/mol. The topological polar surface area (TPSA) is 67.9 Å². The van der Waals surface area contributed by atoms with Crippen molar-refractivity contribution in [2.45, 2.75) is 6.92 Å². The zero-order chi connectivity index (χ0) is 13.1. The molecule has 1 heterocycles. The first kappa shape index (κ1) is 13.0. The normalized spacial score (nSPS) is 10.4. The molecule has 0 saturated carbocycles. The van der Waals surface area contributed by atoms with Crippen LogP contribution in [0.2, 0.25) is 5.02 Å². The third-order valence-electron chi connectivity index (χ3n) is 2.13. The number of H-pyrrole nitrogens is 1. The zero-order valence-corrected chi connectivity index (χ0v) is 11.7. The standard InChI is InChI=1S/C11H9BrClN3O2/c1-2-18-11(17)10-14-9(15-16-10)6-3-4-8(13)7(12)5-6/h3-5H,2H2,1H3,(H,14,15,16). The number of rotatable bonds is 3. The van der Waals surface area contributed by atoms with Crippen molar-refractivity contribution in [2.24, 2.45) is 0 Å². The van der Waals surface area contributed by atoms with Gasteiger partial charge in [0.05, 0.1) is 11.6 Å². The second kappa shape index (κ2) is 5.49. The van der Waals surface area contributed by atoms with Crippen LogP contribution >= 0.6 is 27.5 Å². The summed E-state index contributed by atoms with van der Waals surface area (Å²) in [6, 6.07) is 5.27. The number of carbonyl (C=O) groups is 1. The molecule has 0 spiro atoms. The van der Waals surface area contributed by atoms with Crippen LogP contribution in [0.5, 0.6) is 0 Å². The fourth-order valence-electron chi connectivity index (χ4n) is 1.32. The van der Waals surface area contributed by atoms with Gasteiger partial charge in [-0.05, 0) is 41.1 Å².